The minimum absolute atomic E-state index is 0.313. The van der Waals surface area contributed by atoms with Gasteiger partial charge in [-0.3, -0.25) is 4.79 Å². The maximum atomic E-state index is 11.9. The van der Waals surface area contributed by atoms with E-state index < -0.39 is 11.3 Å². The number of carbonyl (C=O) groups is 1. The smallest absolute Gasteiger partial charge is 0.243 e. The van der Waals surface area contributed by atoms with Gasteiger partial charge in [0.15, 0.2) is 0 Å². The highest BCUT2D eigenvalue weighted by atomic mass is 32.1. The first kappa shape index (κ1) is 12.9. The van der Waals surface area contributed by atoms with Crippen LogP contribution in [0.2, 0.25) is 0 Å². The van der Waals surface area contributed by atoms with Gasteiger partial charge in [0.05, 0.1) is 42.9 Å². The average Bonchev–Trinajstić information content (AvgIpc) is 2.33. The Labute approximate surface area is 111 Å². The van der Waals surface area contributed by atoms with Crippen molar-refractivity contribution in [2.45, 2.75) is 12.8 Å². The lowest BCUT2D eigenvalue weighted by Gasteiger charge is -2.43. The maximum absolute atomic E-state index is 11.9. The van der Waals surface area contributed by atoms with Crippen LogP contribution in [0.5, 0.6) is 0 Å². The molecule has 6 heteroatoms. The topological polar surface area (TPSA) is 81.1 Å². The van der Waals surface area contributed by atoms with Gasteiger partial charge in [0, 0.05) is 18.3 Å². The summed E-state index contributed by atoms with van der Waals surface area (Å²) in [6.45, 7) is 1.72. The van der Waals surface area contributed by atoms with Gasteiger partial charge in [0.25, 0.3) is 0 Å². The molecule has 0 radical (unpaired) electrons. The van der Waals surface area contributed by atoms with Crippen molar-refractivity contribution in [2.75, 3.05) is 20.1 Å². The molecule has 0 aliphatic carbocycles. The molecule has 1 spiro atoms. The standard InChI is InChI=1S/C12H14N4OS/c1-16-4-2-12(3-5-16)8(6-13)10(17)15-11(18)9(12)7-14/h8,18H,2-5H2,1H3,(H,15,17)/p+1/t8-/m1/s1. The summed E-state index contributed by atoms with van der Waals surface area (Å²) in [5.74, 6) is -1.11. The third-order valence-electron chi connectivity index (χ3n) is 4.03. The van der Waals surface area contributed by atoms with Crippen LogP contribution >= 0.6 is 12.6 Å². The first-order valence-corrected chi connectivity index (χ1v) is 6.35. The van der Waals surface area contributed by atoms with E-state index in [2.05, 4.69) is 37.1 Å². The van der Waals surface area contributed by atoms with Gasteiger partial charge < -0.3 is 10.2 Å². The van der Waals surface area contributed by atoms with Crippen molar-refractivity contribution in [1.29, 1.82) is 10.5 Å². The molecule has 18 heavy (non-hydrogen) atoms. The average molecular weight is 263 g/mol. The zero-order chi connectivity index (χ0) is 13.3. The number of hydrogen-bond acceptors (Lipinski definition) is 4. The lowest BCUT2D eigenvalue weighted by molar-refractivity contribution is -0.887. The van der Waals surface area contributed by atoms with Crippen molar-refractivity contribution in [2.24, 2.45) is 11.3 Å². The van der Waals surface area contributed by atoms with Gasteiger partial charge >= 0.3 is 0 Å². The molecule has 0 unspecified atom stereocenters. The maximum Gasteiger partial charge on any atom is 0.243 e. The van der Waals surface area contributed by atoms with Crippen molar-refractivity contribution < 1.29 is 9.69 Å². The number of carbonyl (C=O) groups excluding carboxylic acids is 1. The van der Waals surface area contributed by atoms with Gasteiger partial charge in [-0.1, -0.05) is 0 Å². The first-order chi connectivity index (χ1) is 8.55. The lowest BCUT2D eigenvalue weighted by atomic mass is 9.63. The molecule has 0 aromatic heterocycles. The zero-order valence-corrected chi connectivity index (χ0v) is 11.1. The molecule has 0 bridgehead atoms. The minimum Gasteiger partial charge on any atom is -0.337 e. The van der Waals surface area contributed by atoms with Crippen molar-refractivity contribution >= 4 is 18.5 Å². The Hall–Kier alpha value is -1.50. The molecule has 2 aliphatic heterocycles. The van der Waals surface area contributed by atoms with Gasteiger partial charge in [0.1, 0.15) is 5.92 Å². The normalized spacial score (nSPS) is 35.9. The highest BCUT2D eigenvalue weighted by molar-refractivity contribution is 7.84. The number of hydrogen-bond donors (Lipinski definition) is 3. The Morgan fingerprint density at radius 3 is 2.56 bits per heavy atom. The Balaban J connectivity index is 2.51. The largest absolute Gasteiger partial charge is 0.337 e. The summed E-state index contributed by atoms with van der Waals surface area (Å²) >= 11 is 4.19. The Morgan fingerprint density at radius 2 is 2.06 bits per heavy atom. The molecule has 0 aromatic rings. The molecule has 2 N–H and O–H groups in total. The fourth-order valence-corrected chi connectivity index (χ4v) is 3.27. The van der Waals surface area contributed by atoms with Gasteiger partial charge in [-0.05, 0) is 0 Å². The van der Waals surface area contributed by atoms with Crippen LogP contribution in [0.4, 0.5) is 0 Å². The van der Waals surface area contributed by atoms with Crippen molar-refractivity contribution in [1.82, 2.24) is 5.32 Å². The first-order valence-electron chi connectivity index (χ1n) is 5.91. The minimum atomic E-state index is -0.781. The third-order valence-corrected chi connectivity index (χ3v) is 4.36. The van der Waals surface area contributed by atoms with Crippen LogP contribution in [0.15, 0.2) is 10.6 Å². The van der Waals surface area contributed by atoms with Crippen LogP contribution in [-0.2, 0) is 4.79 Å². The highest BCUT2D eigenvalue weighted by Crippen LogP contribution is 2.46. The highest BCUT2D eigenvalue weighted by Gasteiger charge is 2.52. The predicted octanol–water partition coefficient (Wildman–Crippen LogP) is -0.784. The number of rotatable bonds is 0. The summed E-state index contributed by atoms with van der Waals surface area (Å²) in [4.78, 5) is 13.3. The zero-order valence-electron chi connectivity index (χ0n) is 10.2. The molecule has 1 atom stereocenters. The fraction of sp³-hybridized carbons (Fsp3) is 0.583. The van der Waals surface area contributed by atoms with E-state index in [9.17, 15) is 15.3 Å². The fourth-order valence-electron chi connectivity index (χ4n) is 2.89. The van der Waals surface area contributed by atoms with Gasteiger partial charge in [-0.25, -0.2) is 0 Å². The van der Waals surface area contributed by atoms with E-state index >= 15 is 0 Å². The Bertz CT molecular complexity index is 491. The summed E-state index contributed by atoms with van der Waals surface area (Å²) in [5, 5.41) is 21.4. The molecule has 94 valence electrons. The molecular formula is C12H15N4OS+. The van der Waals surface area contributed by atoms with Crippen LogP contribution in [-0.4, -0.2) is 26.0 Å². The molecule has 1 saturated heterocycles. The van der Waals surface area contributed by atoms with E-state index in [0.717, 1.165) is 13.1 Å². The predicted molar refractivity (Wildman–Crippen MR) is 67.2 cm³/mol. The number of nitrogens with zero attached hydrogens (tertiary/aromatic N) is 2. The number of nitriles is 2. The SMILES string of the molecule is C[NH+]1CCC2(CC1)C(C#N)=C(S)NC(=O)[C@H]2C#N. The summed E-state index contributed by atoms with van der Waals surface area (Å²) < 4.78 is 0. The van der Waals surface area contributed by atoms with E-state index in [1.54, 1.807) is 0 Å². The van der Waals surface area contributed by atoms with E-state index in [1.165, 1.54) is 4.90 Å². The van der Waals surface area contributed by atoms with Crippen LogP contribution in [0.1, 0.15) is 12.8 Å². The molecule has 2 rings (SSSR count). The summed E-state index contributed by atoms with van der Waals surface area (Å²) in [5.41, 5.74) is -0.174. The number of amides is 1. The number of allylic oxidation sites excluding steroid dienone is 1. The van der Waals surface area contributed by atoms with E-state index in [-0.39, 0.29) is 5.91 Å². The second-order valence-corrected chi connectivity index (χ2v) is 5.45. The van der Waals surface area contributed by atoms with Crippen LogP contribution in [0, 0.1) is 34.0 Å². The summed E-state index contributed by atoms with van der Waals surface area (Å²) in [6.07, 6.45) is 1.36. The van der Waals surface area contributed by atoms with Crippen molar-refractivity contribution in [3.05, 3.63) is 10.6 Å². The Kier molecular flexibility index (Phi) is 3.34. The lowest BCUT2D eigenvalue weighted by Crippen LogP contribution is -3.10. The second kappa shape index (κ2) is 4.64. The number of thiol groups is 1. The van der Waals surface area contributed by atoms with E-state index in [1.807, 2.05) is 0 Å². The number of quaternary nitrogens is 1. The van der Waals surface area contributed by atoms with E-state index in [0.29, 0.717) is 23.4 Å². The van der Waals surface area contributed by atoms with Crippen LogP contribution in [0.3, 0.4) is 0 Å². The number of nitrogens with one attached hydrogen (secondary N) is 2. The molecule has 0 saturated carbocycles. The summed E-state index contributed by atoms with van der Waals surface area (Å²) in [6, 6.07) is 4.22. The van der Waals surface area contributed by atoms with Crippen LogP contribution in [0.25, 0.3) is 0 Å². The van der Waals surface area contributed by atoms with Gasteiger partial charge in [-0.15, -0.1) is 12.6 Å². The van der Waals surface area contributed by atoms with Crippen LogP contribution < -0.4 is 10.2 Å². The third kappa shape index (κ3) is 1.78. The Morgan fingerprint density at radius 1 is 1.44 bits per heavy atom. The summed E-state index contributed by atoms with van der Waals surface area (Å²) in [7, 11) is 2.08. The molecule has 2 aliphatic rings. The molecule has 1 fully saturated rings. The molecule has 0 aromatic carbocycles. The second-order valence-electron chi connectivity index (χ2n) is 5.00. The van der Waals surface area contributed by atoms with Crippen molar-refractivity contribution in [3.8, 4) is 12.1 Å². The number of likely N-dealkylation sites (tertiary alicyclic amines) is 1. The molecule has 5 nitrogen and oxygen atoms in total. The monoisotopic (exact) mass is 263 g/mol. The van der Waals surface area contributed by atoms with E-state index in [4.69, 9.17) is 0 Å². The molecule has 1 amide bonds. The van der Waals surface area contributed by atoms with Crippen molar-refractivity contribution in [3.63, 3.8) is 0 Å². The molecule has 2 heterocycles. The quantitative estimate of drug-likeness (QED) is 0.501. The van der Waals surface area contributed by atoms with Gasteiger partial charge in [-0.2, -0.15) is 10.5 Å². The molecular weight excluding hydrogens is 248 g/mol. The number of piperidine rings is 1. The van der Waals surface area contributed by atoms with Gasteiger partial charge in [0.2, 0.25) is 5.91 Å².